The number of hydrogen-bond donors (Lipinski definition) is 1. The second-order valence-electron chi connectivity index (χ2n) is 5.34. The summed E-state index contributed by atoms with van der Waals surface area (Å²) in [6, 6.07) is 9.29. The molecule has 0 aromatic heterocycles. The highest BCUT2D eigenvalue weighted by Crippen LogP contribution is 2.57. The van der Waals surface area contributed by atoms with Crippen LogP contribution >= 0.6 is 0 Å². The SMILES string of the molecule is CCC1(CC)C(NC)CC1c1ccc(OC)cc1. The van der Waals surface area contributed by atoms with Crippen molar-refractivity contribution >= 4 is 0 Å². The average molecular weight is 247 g/mol. The third-order valence-electron chi connectivity index (χ3n) is 5.04. The predicted octanol–water partition coefficient (Wildman–Crippen LogP) is 3.58. The van der Waals surface area contributed by atoms with Gasteiger partial charge in [-0.1, -0.05) is 26.0 Å². The van der Waals surface area contributed by atoms with Gasteiger partial charge in [0.05, 0.1) is 7.11 Å². The molecule has 2 atom stereocenters. The van der Waals surface area contributed by atoms with Crippen molar-refractivity contribution in [2.75, 3.05) is 14.2 Å². The van der Waals surface area contributed by atoms with E-state index in [9.17, 15) is 0 Å². The first-order valence-electron chi connectivity index (χ1n) is 7.03. The van der Waals surface area contributed by atoms with E-state index in [0.717, 1.165) is 5.75 Å². The third-order valence-corrected chi connectivity index (χ3v) is 5.04. The summed E-state index contributed by atoms with van der Waals surface area (Å²) in [5, 5.41) is 3.49. The molecule has 2 nitrogen and oxygen atoms in total. The lowest BCUT2D eigenvalue weighted by Crippen LogP contribution is -2.57. The van der Waals surface area contributed by atoms with Crippen LogP contribution in [0.5, 0.6) is 5.75 Å². The van der Waals surface area contributed by atoms with Crippen LogP contribution in [-0.4, -0.2) is 20.2 Å². The molecule has 1 saturated carbocycles. The monoisotopic (exact) mass is 247 g/mol. The molecule has 0 spiro atoms. The highest BCUT2D eigenvalue weighted by atomic mass is 16.5. The van der Waals surface area contributed by atoms with Crippen molar-refractivity contribution in [1.29, 1.82) is 0 Å². The van der Waals surface area contributed by atoms with E-state index in [-0.39, 0.29) is 0 Å². The molecule has 2 unspecified atom stereocenters. The molecule has 0 amide bonds. The Morgan fingerprint density at radius 2 is 1.83 bits per heavy atom. The molecule has 1 fully saturated rings. The van der Waals surface area contributed by atoms with Gasteiger partial charge in [0.15, 0.2) is 0 Å². The molecule has 2 heteroatoms. The van der Waals surface area contributed by atoms with E-state index in [4.69, 9.17) is 4.74 Å². The molecular weight excluding hydrogens is 222 g/mol. The van der Waals surface area contributed by atoms with Gasteiger partial charge in [-0.3, -0.25) is 0 Å². The van der Waals surface area contributed by atoms with E-state index in [2.05, 4.69) is 50.5 Å². The normalized spacial score (nSPS) is 25.6. The Morgan fingerprint density at radius 3 is 2.28 bits per heavy atom. The lowest BCUT2D eigenvalue weighted by Gasteiger charge is -2.56. The summed E-state index contributed by atoms with van der Waals surface area (Å²) in [4.78, 5) is 0. The Bertz CT molecular complexity index is 381. The van der Waals surface area contributed by atoms with Crippen molar-refractivity contribution in [2.45, 2.75) is 45.1 Å². The fourth-order valence-electron chi connectivity index (χ4n) is 3.73. The van der Waals surface area contributed by atoms with E-state index in [1.165, 1.54) is 24.8 Å². The summed E-state index contributed by atoms with van der Waals surface area (Å²) in [7, 11) is 3.81. The van der Waals surface area contributed by atoms with Gasteiger partial charge in [0.25, 0.3) is 0 Å². The topological polar surface area (TPSA) is 21.3 Å². The fourth-order valence-corrected chi connectivity index (χ4v) is 3.73. The third kappa shape index (κ3) is 1.93. The molecule has 18 heavy (non-hydrogen) atoms. The number of ether oxygens (including phenoxy) is 1. The van der Waals surface area contributed by atoms with Gasteiger partial charge in [0, 0.05) is 6.04 Å². The van der Waals surface area contributed by atoms with Crippen molar-refractivity contribution in [3.05, 3.63) is 29.8 Å². The van der Waals surface area contributed by atoms with Gasteiger partial charge in [-0.05, 0) is 55.3 Å². The zero-order chi connectivity index (χ0) is 13.2. The molecule has 0 heterocycles. The Hall–Kier alpha value is -1.02. The summed E-state index contributed by atoms with van der Waals surface area (Å²) < 4.78 is 5.24. The smallest absolute Gasteiger partial charge is 0.118 e. The number of benzene rings is 1. The number of nitrogens with one attached hydrogen (secondary N) is 1. The fraction of sp³-hybridized carbons (Fsp3) is 0.625. The minimum absolute atomic E-state index is 0.434. The molecule has 0 radical (unpaired) electrons. The van der Waals surface area contributed by atoms with Crippen LogP contribution in [0.25, 0.3) is 0 Å². The molecular formula is C16H25NO. The molecule has 0 bridgehead atoms. The van der Waals surface area contributed by atoms with Gasteiger partial charge in [-0.25, -0.2) is 0 Å². The standard InChI is InChI=1S/C16H25NO/c1-5-16(6-2)14(11-15(16)17-3)12-7-9-13(18-4)10-8-12/h7-10,14-15,17H,5-6,11H2,1-4H3. The largest absolute Gasteiger partial charge is 0.497 e. The lowest BCUT2D eigenvalue weighted by atomic mass is 9.52. The summed E-state index contributed by atoms with van der Waals surface area (Å²) >= 11 is 0. The van der Waals surface area contributed by atoms with E-state index in [0.29, 0.717) is 17.4 Å². The van der Waals surface area contributed by atoms with Crippen molar-refractivity contribution in [1.82, 2.24) is 5.32 Å². The van der Waals surface area contributed by atoms with Crippen LogP contribution in [0.3, 0.4) is 0 Å². The van der Waals surface area contributed by atoms with Gasteiger partial charge in [0.1, 0.15) is 5.75 Å². The van der Waals surface area contributed by atoms with Crippen molar-refractivity contribution in [3.63, 3.8) is 0 Å². The first-order valence-corrected chi connectivity index (χ1v) is 7.03. The first kappa shape index (κ1) is 13.4. The summed E-state index contributed by atoms with van der Waals surface area (Å²) in [6.07, 6.45) is 3.74. The van der Waals surface area contributed by atoms with Crippen LogP contribution in [0.15, 0.2) is 24.3 Å². The Balaban J connectivity index is 2.22. The molecule has 1 N–H and O–H groups in total. The minimum Gasteiger partial charge on any atom is -0.497 e. The first-order chi connectivity index (χ1) is 8.71. The zero-order valence-corrected chi connectivity index (χ0v) is 12.0. The predicted molar refractivity (Wildman–Crippen MR) is 76.2 cm³/mol. The molecule has 1 aromatic rings. The summed E-state index contributed by atoms with van der Waals surface area (Å²) in [5.41, 5.74) is 1.90. The molecule has 2 rings (SSSR count). The Labute approximate surface area is 111 Å². The maximum atomic E-state index is 5.24. The maximum Gasteiger partial charge on any atom is 0.118 e. The lowest BCUT2D eigenvalue weighted by molar-refractivity contribution is 0.0245. The molecule has 1 aliphatic rings. The van der Waals surface area contributed by atoms with Crippen LogP contribution in [0.1, 0.15) is 44.6 Å². The zero-order valence-electron chi connectivity index (χ0n) is 12.0. The molecule has 100 valence electrons. The number of hydrogen-bond acceptors (Lipinski definition) is 2. The van der Waals surface area contributed by atoms with Crippen LogP contribution in [0.2, 0.25) is 0 Å². The maximum absolute atomic E-state index is 5.24. The quantitative estimate of drug-likeness (QED) is 0.858. The molecule has 0 saturated heterocycles. The van der Waals surface area contributed by atoms with Crippen molar-refractivity contribution < 1.29 is 4.74 Å². The van der Waals surface area contributed by atoms with Crippen LogP contribution in [0.4, 0.5) is 0 Å². The highest BCUT2D eigenvalue weighted by molar-refractivity contribution is 5.33. The highest BCUT2D eigenvalue weighted by Gasteiger charge is 2.52. The van der Waals surface area contributed by atoms with E-state index in [1.807, 2.05) is 0 Å². The number of rotatable bonds is 5. The second-order valence-corrected chi connectivity index (χ2v) is 5.34. The van der Waals surface area contributed by atoms with Crippen LogP contribution < -0.4 is 10.1 Å². The van der Waals surface area contributed by atoms with Crippen LogP contribution in [-0.2, 0) is 0 Å². The van der Waals surface area contributed by atoms with E-state index >= 15 is 0 Å². The summed E-state index contributed by atoms with van der Waals surface area (Å²) in [6.45, 7) is 4.65. The van der Waals surface area contributed by atoms with Gasteiger partial charge >= 0.3 is 0 Å². The summed E-state index contributed by atoms with van der Waals surface area (Å²) in [5.74, 6) is 1.64. The van der Waals surface area contributed by atoms with E-state index in [1.54, 1.807) is 7.11 Å². The van der Waals surface area contributed by atoms with Gasteiger partial charge in [0.2, 0.25) is 0 Å². The van der Waals surface area contributed by atoms with E-state index < -0.39 is 0 Å². The van der Waals surface area contributed by atoms with Crippen LogP contribution in [0, 0.1) is 5.41 Å². The van der Waals surface area contributed by atoms with Gasteiger partial charge < -0.3 is 10.1 Å². The Kier molecular flexibility index (Phi) is 3.96. The second kappa shape index (κ2) is 5.31. The van der Waals surface area contributed by atoms with Gasteiger partial charge in [-0.15, -0.1) is 0 Å². The molecule has 1 aromatic carbocycles. The van der Waals surface area contributed by atoms with Crippen molar-refractivity contribution in [3.8, 4) is 5.75 Å². The molecule has 1 aliphatic carbocycles. The minimum atomic E-state index is 0.434. The number of methoxy groups -OCH3 is 1. The van der Waals surface area contributed by atoms with Gasteiger partial charge in [-0.2, -0.15) is 0 Å². The van der Waals surface area contributed by atoms with Crippen molar-refractivity contribution in [2.24, 2.45) is 5.41 Å². The molecule has 0 aliphatic heterocycles. The Morgan fingerprint density at radius 1 is 1.22 bits per heavy atom. The average Bonchev–Trinajstić information content (AvgIpc) is 2.41.